The summed E-state index contributed by atoms with van der Waals surface area (Å²) in [5, 5.41) is 0. The molecule has 0 radical (unpaired) electrons. The van der Waals surface area contributed by atoms with Crippen LogP contribution in [0, 0.1) is 0 Å². The van der Waals surface area contributed by atoms with Crippen LogP contribution in [0.15, 0.2) is 30.3 Å². The maximum Gasteiger partial charge on any atom is 0.236 e. The van der Waals surface area contributed by atoms with E-state index in [0.29, 0.717) is 38.8 Å². The molecular formula is C17H27N3O3S. The normalized spacial score (nSPS) is 16.8. The number of hydrogen-bond donors (Lipinski definition) is 0. The first-order valence-corrected chi connectivity index (χ1v) is 9.90. The van der Waals surface area contributed by atoms with Crippen molar-refractivity contribution in [1.29, 1.82) is 0 Å². The maximum absolute atomic E-state index is 12.5. The summed E-state index contributed by atoms with van der Waals surface area (Å²) < 4.78 is 26.5. The Morgan fingerprint density at radius 1 is 1.12 bits per heavy atom. The summed E-state index contributed by atoms with van der Waals surface area (Å²) in [6, 6.07) is 9.49. The first kappa shape index (κ1) is 18.9. The second kappa shape index (κ2) is 8.09. The van der Waals surface area contributed by atoms with E-state index in [1.807, 2.05) is 56.1 Å². The number of rotatable bonds is 6. The van der Waals surface area contributed by atoms with Crippen LogP contribution in [0.1, 0.15) is 19.4 Å². The number of piperazine rings is 1. The Morgan fingerprint density at radius 2 is 1.71 bits per heavy atom. The number of benzene rings is 1. The summed E-state index contributed by atoms with van der Waals surface area (Å²) in [6.07, 6.45) is 0. The molecule has 1 saturated heterocycles. The molecule has 0 bridgehead atoms. The molecule has 1 fully saturated rings. The fourth-order valence-corrected chi connectivity index (χ4v) is 4.10. The van der Waals surface area contributed by atoms with Gasteiger partial charge in [0.1, 0.15) is 0 Å². The Bertz CT molecular complexity index is 638. The highest BCUT2D eigenvalue weighted by molar-refractivity contribution is 7.88. The number of hydrogen-bond acceptors (Lipinski definition) is 4. The summed E-state index contributed by atoms with van der Waals surface area (Å²) in [4.78, 5) is 16.0. The predicted molar refractivity (Wildman–Crippen MR) is 95.0 cm³/mol. The van der Waals surface area contributed by atoms with Crippen molar-refractivity contribution < 1.29 is 13.2 Å². The number of amides is 1. The van der Waals surface area contributed by atoms with E-state index in [1.54, 1.807) is 4.90 Å². The van der Waals surface area contributed by atoms with Crippen LogP contribution in [0.25, 0.3) is 0 Å². The Labute approximate surface area is 145 Å². The van der Waals surface area contributed by atoms with Gasteiger partial charge in [0.2, 0.25) is 15.9 Å². The van der Waals surface area contributed by atoms with Crippen molar-refractivity contribution in [2.45, 2.75) is 25.6 Å². The van der Waals surface area contributed by atoms with E-state index in [1.165, 1.54) is 4.31 Å². The molecule has 134 valence electrons. The fourth-order valence-electron chi connectivity index (χ4n) is 2.59. The molecule has 0 saturated carbocycles. The summed E-state index contributed by atoms with van der Waals surface area (Å²) in [6.45, 7) is 6.10. The lowest BCUT2D eigenvalue weighted by Gasteiger charge is -2.35. The molecule has 0 aromatic heterocycles. The summed E-state index contributed by atoms with van der Waals surface area (Å²) in [5.41, 5.74) is 0.787. The monoisotopic (exact) mass is 353 g/mol. The van der Waals surface area contributed by atoms with Gasteiger partial charge in [-0.15, -0.1) is 0 Å². The molecule has 0 unspecified atom stereocenters. The van der Waals surface area contributed by atoms with Gasteiger partial charge in [-0.1, -0.05) is 30.3 Å². The molecule has 0 spiro atoms. The van der Waals surface area contributed by atoms with Gasteiger partial charge in [-0.05, 0) is 26.5 Å². The molecular weight excluding hydrogens is 326 g/mol. The van der Waals surface area contributed by atoms with Gasteiger partial charge < -0.3 is 4.90 Å². The van der Waals surface area contributed by atoms with Crippen molar-refractivity contribution in [3.8, 4) is 0 Å². The second-order valence-corrected chi connectivity index (χ2v) is 8.50. The van der Waals surface area contributed by atoms with Gasteiger partial charge in [-0.25, -0.2) is 8.42 Å². The molecule has 1 heterocycles. The Morgan fingerprint density at radius 3 is 2.25 bits per heavy atom. The zero-order chi connectivity index (χ0) is 17.7. The minimum Gasteiger partial charge on any atom is -0.339 e. The van der Waals surface area contributed by atoms with Crippen LogP contribution < -0.4 is 0 Å². The predicted octanol–water partition coefficient (Wildman–Crippen LogP) is 1.00. The first-order chi connectivity index (χ1) is 11.3. The van der Waals surface area contributed by atoms with Crippen LogP contribution in [0.3, 0.4) is 0 Å². The second-order valence-electron chi connectivity index (χ2n) is 6.53. The number of sulfonamides is 1. The molecule has 1 aromatic rings. The van der Waals surface area contributed by atoms with Crippen molar-refractivity contribution in [3.05, 3.63) is 35.9 Å². The highest BCUT2D eigenvalue weighted by atomic mass is 32.2. The molecule has 6 nitrogen and oxygen atoms in total. The third-order valence-electron chi connectivity index (χ3n) is 4.44. The minimum absolute atomic E-state index is 0.0118. The van der Waals surface area contributed by atoms with Crippen molar-refractivity contribution in [2.75, 3.05) is 39.8 Å². The zero-order valence-electron chi connectivity index (χ0n) is 14.7. The summed E-state index contributed by atoms with van der Waals surface area (Å²) >= 11 is 0. The van der Waals surface area contributed by atoms with E-state index in [9.17, 15) is 13.2 Å². The van der Waals surface area contributed by atoms with Crippen molar-refractivity contribution in [3.63, 3.8) is 0 Å². The SMILES string of the molecule is CC(C)N(C)CC(=O)N1CCN(S(=O)(=O)Cc2ccccc2)CC1. The third kappa shape index (κ3) is 5.03. The van der Waals surface area contributed by atoms with E-state index in [2.05, 4.69) is 0 Å². The molecule has 0 aliphatic carbocycles. The van der Waals surface area contributed by atoms with Gasteiger partial charge in [0, 0.05) is 32.2 Å². The number of likely N-dealkylation sites (N-methyl/N-ethyl adjacent to an activating group) is 1. The average molecular weight is 353 g/mol. The quantitative estimate of drug-likeness (QED) is 0.766. The van der Waals surface area contributed by atoms with Crippen LogP contribution >= 0.6 is 0 Å². The van der Waals surface area contributed by atoms with E-state index in [4.69, 9.17) is 0 Å². The van der Waals surface area contributed by atoms with Gasteiger partial charge in [0.05, 0.1) is 12.3 Å². The van der Waals surface area contributed by atoms with Gasteiger partial charge >= 0.3 is 0 Å². The Kier molecular flexibility index (Phi) is 6.37. The van der Waals surface area contributed by atoms with Gasteiger partial charge in [0.15, 0.2) is 0 Å². The van der Waals surface area contributed by atoms with Gasteiger partial charge in [-0.2, -0.15) is 4.31 Å². The van der Waals surface area contributed by atoms with Gasteiger partial charge in [0.25, 0.3) is 0 Å². The summed E-state index contributed by atoms with van der Waals surface area (Å²) in [7, 11) is -1.42. The van der Waals surface area contributed by atoms with Crippen LogP contribution in [-0.4, -0.2) is 74.2 Å². The molecule has 0 N–H and O–H groups in total. The molecule has 7 heteroatoms. The minimum atomic E-state index is -3.34. The highest BCUT2D eigenvalue weighted by Crippen LogP contribution is 2.14. The van der Waals surface area contributed by atoms with E-state index in [-0.39, 0.29) is 11.7 Å². The standard InChI is InChI=1S/C17H27N3O3S/c1-15(2)18(3)13-17(21)19-9-11-20(12-10-19)24(22,23)14-16-7-5-4-6-8-16/h4-8,15H,9-14H2,1-3H3. The van der Waals surface area contributed by atoms with Crippen LogP contribution in [0.4, 0.5) is 0 Å². The van der Waals surface area contributed by atoms with E-state index < -0.39 is 10.0 Å². The van der Waals surface area contributed by atoms with Crippen LogP contribution in [0.5, 0.6) is 0 Å². The molecule has 24 heavy (non-hydrogen) atoms. The maximum atomic E-state index is 12.5. The molecule has 1 aliphatic heterocycles. The van der Waals surface area contributed by atoms with Gasteiger partial charge in [-0.3, -0.25) is 9.69 Å². The van der Waals surface area contributed by atoms with Crippen molar-refractivity contribution in [1.82, 2.24) is 14.1 Å². The van der Waals surface area contributed by atoms with Crippen LogP contribution in [-0.2, 0) is 20.6 Å². The third-order valence-corrected chi connectivity index (χ3v) is 6.29. The van der Waals surface area contributed by atoms with Crippen LogP contribution in [0.2, 0.25) is 0 Å². The fraction of sp³-hybridized carbons (Fsp3) is 0.588. The Hall–Kier alpha value is -1.44. The zero-order valence-corrected chi connectivity index (χ0v) is 15.5. The summed E-state index contributed by atoms with van der Waals surface area (Å²) in [5.74, 6) is 0.0732. The molecule has 0 atom stereocenters. The lowest BCUT2D eigenvalue weighted by Crippen LogP contribution is -2.52. The van der Waals surface area contributed by atoms with E-state index in [0.717, 1.165) is 5.56 Å². The molecule has 1 amide bonds. The number of carbonyl (C=O) groups excluding carboxylic acids is 1. The molecule has 2 rings (SSSR count). The number of carbonyl (C=O) groups is 1. The number of nitrogens with zero attached hydrogens (tertiary/aromatic N) is 3. The molecule has 1 aliphatic rings. The topological polar surface area (TPSA) is 60.9 Å². The molecule has 1 aromatic carbocycles. The first-order valence-electron chi connectivity index (χ1n) is 8.29. The average Bonchev–Trinajstić information content (AvgIpc) is 2.55. The lowest BCUT2D eigenvalue weighted by atomic mass is 10.2. The van der Waals surface area contributed by atoms with E-state index >= 15 is 0 Å². The van der Waals surface area contributed by atoms with Crippen molar-refractivity contribution in [2.24, 2.45) is 0 Å². The largest absolute Gasteiger partial charge is 0.339 e. The smallest absolute Gasteiger partial charge is 0.236 e. The highest BCUT2D eigenvalue weighted by Gasteiger charge is 2.29. The van der Waals surface area contributed by atoms with Crippen molar-refractivity contribution >= 4 is 15.9 Å². The lowest BCUT2D eigenvalue weighted by molar-refractivity contribution is -0.133. The Balaban J connectivity index is 1.89.